The Labute approximate surface area is 96.6 Å². The van der Waals surface area contributed by atoms with E-state index in [1.54, 1.807) is 0 Å². The van der Waals surface area contributed by atoms with Gasteiger partial charge < -0.3 is 0 Å². The van der Waals surface area contributed by atoms with E-state index in [2.05, 4.69) is 62.9 Å². The summed E-state index contributed by atoms with van der Waals surface area (Å²) in [5, 5.41) is 2.32. The second kappa shape index (κ2) is 4.36. The van der Waals surface area contributed by atoms with Crippen LogP contribution in [0.1, 0.15) is 18.1 Å². The summed E-state index contributed by atoms with van der Waals surface area (Å²) in [5.41, 5.74) is 3.91. The number of aryl methyl sites for hydroxylation is 1. The van der Waals surface area contributed by atoms with Crippen molar-refractivity contribution in [1.29, 1.82) is 0 Å². The van der Waals surface area contributed by atoms with Gasteiger partial charge in [0, 0.05) is 0 Å². The largest absolute Gasteiger partial charge is 0.0911 e. The molecule has 2 aromatic carbocycles. The maximum atomic E-state index is 4.08. The lowest BCUT2D eigenvalue weighted by atomic mass is 9.99. The van der Waals surface area contributed by atoms with Gasteiger partial charge in [-0.3, -0.25) is 0 Å². The first kappa shape index (κ1) is 10.7. The number of benzene rings is 2. The Kier molecular flexibility index (Phi) is 2.91. The van der Waals surface area contributed by atoms with Crippen LogP contribution in [0.3, 0.4) is 0 Å². The fourth-order valence-electron chi connectivity index (χ4n) is 2.02. The molecule has 0 aliphatic rings. The standard InChI is InChI=1S/C16H16/c1-12-8-4-6-10-15(12)14(3)16-11-7-5-9-13(16)2/h4-11H,1H2,2-3H3/b15-14-. The molecule has 0 heterocycles. The van der Waals surface area contributed by atoms with Gasteiger partial charge in [-0.1, -0.05) is 55.1 Å². The average Bonchev–Trinajstić information content (AvgIpc) is 2.29. The molecule has 0 saturated carbocycles. The van der Waals surface area contributed by atoms with Crippen LogP contribution in [0.5, 0.6) is 0 Å². The van der Waals surface area contributed by atoms with Crippen LogP contribution < -0.4 is 10.4 Å². The predicted octanol–water partition coefficient (Wildman–Crippen LogP) is 2.62. The summed E-state index contributed by atoms with van der Waals surface area (Å²) in [6.45, 7) is 8.38. The Morgan fingerprint density at radius 3 is 2.25 bits per heavy atom. The Balaban J connectivity index is 2.77. The van der Waals surface area contributed by atoms with Crippen LogP contribution >= 0.6 is 0 Å². The SMILES string of the molecule is C=c1cccc/c1=C(\C)c1ccccc1C. The third kappa shape index (κ3) is 1.92. The molecule has 0 aromatic heterocycles. The topological polar surface area (TPSA) is 0 Å². The number of rotatable bonds is 1. The summed E-state index contributed by atoms with van der Waals surface area (Å²) in [4.78, 5) is 0. The maximum Gasteiger partial charge on any atom is -0.0155 e. The minimum absolute atomic E-state index is 1.09. The van der Waals surface area contributed by atoms with Gasteiger partial charge in [0.1, 0.15) is 0 Å². The highest BCUT2D eigenvalue weighted by atomic mass is 14.0. The van der Waals surface area contributed by atoms with Crippen LogP contribution in [0, 0.1) is 6.92 Å². The lowest BCUT2D eigenvalue weighted by Crippen LogP contribution is -2.24. The van der Waals surface area contributed by atoms with E-state index in [-0.39, 0.29) is 0 Å². The van der Waals surface area contributed by atoms with Crippen molar-refractivity contribution in [2.75, 3.05) is 0 Å². The second-order valence-corrected chi connectivity index (χ2v) is 4.10. The van der Waals surface area contributed by atoms with Gasteiger partial charge in [-0.15, -0.1) is 0 Å². The van der Waals surface area contributed by atoms with Gasteiger partial charge in [0.25, 0.3) is 0 Å². The van der Waals surface area contributed by atoms with Gasteiger partial charge in [0.2, 0.25) is 0 Å². The molecule has 0 heteroatoms. The highest BCUT2D eigenvalue weighted by Crippen LogP contribution is 2.14. The van der Waals surface area contributed by atoms with E-state index in [1.807, 2.05) is 6.07 Å². The summed E-state index contributed by atoms with van der Waals surface area (Å²) in [6.07, 6.45) is 0. The molecule has 0 unspecified atom stereocenters. The molecule has 0 nitrogen and oxygen atoms in total. The zero-order chi connectivity index (χ0) is 11.5. The quantitative estimate of drug-likeness (QED) is 0.676. The molecule has 16 heavy (non-hydrogen) atoms. The highest BCUT2D eigenvalue weighted by Gasteiger charge is 1.99. The van der Waals surface area contributed by atoms with Gasteiger partial charge in [-0.25, -0.2) is 0 Å². The van der Waals surface area contributed by atoms with Crippen molar-refractivity contribution in [2.45, 2.75) is 13.8 Å². The Morgan fingerprint density at radius 1 is 0.938 bits per heavy atom. The summed E-state index contributed by atoms with van der Waals surface area (Å²) in [7, 11) is 0. The number of hydrogen-bond donors (Lipinski definition) is 0. The summed E-state index contributed by atoms with van der Waals surface area (Å²) >= 11 is 0. The summed E-state index contributed by atoms with van der Waals surface area (Å²) < 4.78 is 0. The van der Waals surface area contributed by atoms with Crippen LogP contribution in [-0.2, 0) is 0 Å². The van der Waals surface area contributed by atoms with E-state index in [1.165, 1.54) is 21.9 Å². The van der Waals surface area contributed by atoms with Crippen LogP contribution in [0.15, 0.2) is 48.5 Å². The van der Waals surface area contributed by atoms with Crippen molar-refractivity contribution in [1.82, 2.24) is 0 Å². The normalized spacial score (nSPS) is 12.4. The Morgan fingerprint density at radius 2 is 1.56 bits per heavy atom. The molecule has 0 radical (unpaired) electrons. The van der Waals surface area contributed by atoms with Gasteiger partial charge in [-0.05, 0) is 41.0 Å². The third-order valence-corrected chi connectivity index (χ3v) is 2.97. The van der Waals surface area contributed by atoms with Crippen LogP contribution in [-0.4, -0.2) is 0 Å². The summed E-state index contributed by atoms with van der Waals surface area (Å²) in [6, 6.07) is 16.7. The molecule has 0 spiro atoms. The molecule has 2 rings (SSSR count). The van der Waals surface area contributed by atoms with E-state index in [9.17, 15) is 0 Å². The molecule has 0 fully saturated rings. The number of hydrogen-bond acceptors (Lipinski definition) is 0. The van der Waals surface area contributed by atoms with E-state index >= 15 is 0 Å². The molecular weight excluding hydrogens is 192 g/mol. The molecule has 0 N–H and O–H groups in total. The van der Waals surface area contributed by atoms with Crippen molar-refractivity contribution < 1.29 is 0 Å². The fourth-order valence-corrected chi connectivity index (χ4v) is 2.02. The second-order valence-electron chi connectivity index (χ2n) is 4.10. The minimum atomic E-state index is 1.09. The monoisotopic (exact) mass is 208 g/mol. The molecule has 2 aromatic rings. The van der Waals surface area contributed by atoms with E-state index in [4.69, 9.17) is 0 Å². The van der Waals surface area contributed by atoms with Crippen molar-refractivity contribution >= 4 is 12.2 Å². The maximum absolute atomic E-state index is 4.08. The van der Waals surface area contributed by atoms with Crippen molar-refractivity contribution in [3.05, 3.63) is 70.1 Å². The Hall–Kier alpha value is -1.82. The molecule has 0 saturated heterocycles. The predicted molar refractivity (Wildman–Crippen MR) is 70.6 cm³/mol. The first-order valence-electron chi connectivity index (χ1n) is 5.51. The molecule has 0 atom stereocenters. The zero-order valence-corrected chi connectivity index (χ0v) is 9.83. The van der Waals surface area contributed by atoms with Crippen molar-refractivity contribution in [2.24, 2.45) is 0 Å². The van der Waals surface area contributed by atoms with Gasteiger partial charge >= 0.3 is 0 Å². The van der Waals surface area contributed by atoms with Gasteiger partial charge in [-0.2, -0.15) is 0 Å². The fraction of sp³-hybridized carbons (Fsp3) is 0.125. The summed E-state index contributed by atoms with van der Waals surface area (Å²) in [5.74, 6) is 0. The molecular formula is C16H16. The average molecular weight is 208 g/mol. The lowest BCUT2D eigenvalue weighted by Gasteiger charge is -2.06. The third-order valence-electron chi connectivity index (χ3n) is 2.97. The van der Waals surface area contributed by atoms with Gasteiger partial charge in [0.05, 0.1) is 0 Å². The molecule has 0 aliphatic heterocycles. The molecule has 0 amide bonds. The van der Waals surface area contributed by atoms with Crippen LogP contribution in [0.4, 0.5) is 0 Å². The van der Waals surface area contributed by atoms with E-state index < -0.39 is 0 Å². The Bertz CT molecular complexity index is 606. The first-order valence-corrected chi connectivity index (χ1v) is 5.51. The van der Waals surface area contributed by atoms with E-state index in [0.717, 1.165) is 5.22 Å². The lowest BCUT2D eigenvalue weighted by molar-refractivity contribution is 1.38. The molecule has 80 valence electrons. The molecule has 0 bridgehead atoms. The smallest absolute Gasteiger partial charge is 0.0155 e. The molecule has 0 aliphatic carbocycles. The van der Waals surface area contributed by atoms with Crippen LogP contribution in [0.25, 0.3) is 12.2 Å². The first-order chi connectivity index (χ1) is 7.70. The van der Waals surface area contributed by atoms with Gasteiger partial charge in [0.15, 0.2) is 0 Å². The zero-order valence-electron chi connectivity index (χ0n) is 9.83. The highest BCUT2D eigenvalue weighted by molar-refractivity contribution is 5.66. The van der Waals surface area contributed by atoms with Crippen molar-refractivity contribution in [3.8, 4) is 0 Å². The van der Waals surface area contributed by atoms with Crippen molar-refractivity contribution in [3.63, 3.8) is 0 Å². The van der Waals surface area contributed by atoms with E-state index in [0.29, 0.717) is 0 Å². The minimum Gasteiger partial charge on any atom is -0.0911 e. The van der Waals surface area contributed by atoms with Crippen LogP contribution in [0.2, 0.25) is 0 Å².